The molecule has 11 heteroatoms. The van der Waals surface area contributed by atoms with Gasteiger partial charge in [0.15, 0.2) is 0 Å². The number of amides is 2. The molecule has 36 heavy (non-hydrogen) atoms. The van der Waals surface area contributed by atoms with E-state index in [1.165, 1.54) is 21.2 Å². The molecular formula is C25H21BrN2O6S2. The Hall–Kier alpha value is -2.89. The van der Waals surface area contributed by atoms with Crippen LogP contribution in [0.4, 0.5) is 5.69 Å². The van der Waals surface area contributed by atoms with Crippen molar-refractivity contribution >= 4 is 62.5 Å². The summed E-state index contributed by atoms with van der Waals surface area (Å²) in [5.74, 6) is -1.83. The van der Waals surface area contributed by atoms with Crippen LogP contribution in [0.3, 0.4) is 0 Å². The predicted octanol–water partition coefficient (Wildman–Crippen LogP) is 4.04. The van der Waals surface area contributed by atoms with Crippen molar-refractivity contribution in [1.29, 1.82) is 0 Å². The van der Waals surface area contributed by atoms with Crippen LogP contribution in [0.2, 0.25) is 0 Å². The van der Waals surface area contributed by atoms with Crippen LogP contribution < -0.4 is 14.5 Å². The lowest BCUT2D eigenvalue weighted by Gasteiger charge is -2.30. The number of rotatable bonds is 6. The molecule has 3 aromatic rings. The van der Waals surface area contributed by atoms with Gasteiger partial charge in [0.25, 0.3) is 0 Å². The van der Waals surface area contributed by atoms with Gasteiger partial charge in [-0.15, -0.1) is 0 Å². The average Bonchev–Trinajstić information content (AvgIpc) is 3.30. The number of imide groups is 1. The van der Waals surface area contributed by atoms with Gasteiger partial charge in [0.05, 0.1) is 30.3 Å². The maximum atomic E-state index is 13.8. The van der Waals surface area contributed by atoms with Gasteiger partial charge in [0.2, 0.25) is 11.8 Å². The second kappa shape index (κ2) is 9.87. The van der Waals surface area contributed by atoms with Gasteiger partial charge in [-0.2, -0.15) is 0 Å². The molecule has 2 amide bonds. The zero-order valence-electron chi connectivity index (χ0n) is 19.3. The van der Waals surface area contributed by atoms with Gasteiger partial charge >= 0.3 is 10.8 Å². The Balaban J connectivity index is 1.63. The topological polar surface area (TPSA) is 94.9 Å². The largest absolute Gasteiger partial charge is 0.497 e. The number of fused-ring (bicyclic) bond motifs is 2. The Morgan fingerprint density at radius 3 is 2.50 bits per heavy atom. The van der Waals surface area contributed by atoms with Gasteiger partial charge in [-0.1, -0.05) is 51.2 Å². The van der Waals surface area contributed by atoms with E-state index in [4.69, 9.17) is 9.47 Å². The van der Waals surface area contributed by atoms with Gasteiger partial charge in [-0.3, -0.25) is 23.7 Å². The van der Waals surface area contributed by atoms with Gasteiger partial charge in [0.1, 0.15) is 17.5 Å². The number of halogens is 1. The molecule has 5 rings (SSSR count). The molecular weight excluding hydrogens is 568 g/mol. The van der Waals surface area contributed by atoms with E-state index in [0.29, 0.717) is 21.3 Å². The molecule has 3 heterocycles. The van der Waals surface area contributed by atoms with Crippen LogP contribution in [0.1, 0.15) is 23.3 Å². The monoisotopic (exact) mass is 588 g/mol. The van der Waals surface area contributed by atoms with Crippen molar-refractivity contribution in [3.63, 3.8) is 0 Å². The number of ether oxygens (including phenoxy) is 2. The predicted molar refractivity (Wildman–Crippen MR) is 140 cm³/mol. The molecule has 186 valence electrons. The molecule has 3 atom stereocenters. The highest BCUT2D eigenvalue weighted by atomic mass is 79.9. The van der Waals surface area contributed by atoms with Crippen LogP contribution in [0.25, 0.3) is 0 Å². The zero-order valence-corrected chi connectivity index (χ0v) is 22.5. The number of hydrogen-bond donors (Lipinski definition) is 0. The fourth-order valence-electron chi connectivity index (χ4n) is 4.64. The molecule has 2 aliphatic rings. The molecule has 1 aromatic heterocycles. The first-order valence-electron chi connectivity index (χ1n) is 11.2. The molecule has 0 spiro atoms. The SMILES string of the molecule is CCOC(=O)Cn1c2c(sc1=O)[C@@H](c1cccc(Br)c1)[C@@H]1C(=O)N(c3ccc(OC)cc3)C(=O)[C@@H]1S2. The molecule has 0 unspecified atom stereocenters. The minimum Gasteiger partial charge on any atom is -0.497 e. The standard InChI is InChI=1S/C25H21BrN2O6S2/c1-3-34-17(29)12-27-24-21(36-25(27)32)18(13-5-4-6-14(26)11-13)19-20(35-24)23(31)28(22(19)30)15-7-9-16(33-2)10-8-15/h4-11,18-20H,3,12H2,1-2H3/t18-,19-,20+/m0/s1. The molecule has 0 aliphatic carbocycles. The number of anilines is 1. The zero-order chi connectivity index (χ0) is 25.6. The van der Waals surface area contributed by atoms with E-state index in [1.54, 1.807) is 38.3 Å². The number of nitrogens with zero attached hydrogens (tertiary/aromatic N) is 2. The van der Waals surface area contributed by atoms with Gasteiger partial charge < -0.3 is 9.47 Å². The molecule has 0 bridgehead atoms. The molecule has 2 aromatic carbocycles. The highest BCUT2D eigenvalue weighted by Crippen LogP contribution is 2.54. The molecule has 1 saturated heterocycles. The Morgan fingerprint density at radius 2 is 1.83 bits per heavy atom. The van der Waals surface area contributed by atoms with Crippen LogP contribution in [0.15, 0.2) is 62.8 Å². The average molecular weight is 589 g/mol. The van der Waals surface area contributed by atoms with Crippen molar-refractivity contribution < 1.29 is 23.9 Å². The summed E-state index contributed by atoms with van der Waals surface area (Å²) in [7, 11) is 1.54. The van der Waals surface area contributed by atoms with Crippen molar-refractivity contribution in [2.75, 3.05) is 18.6 Å². The lowest BCUT2D eigenvalue weighted by atomic mass is 9.83. The Morgan fingerprint density at radius 1 is 1.08 bits per heavy atom. The quantitative estimate of drug-likeness (QED) is 0.317. The van der Waals surface area contributed by atoms with E-state index >= 15 is 0 Å². The van der Waals surface area contributed by atoms with E-state index < -0.39 is 23.1 Å². The maximum Gasteiger partial charge on any atom is 0.326 e. The molecule has 1 fully saturated rings. The minimum absolute atomic E-state index is 0.197. The molecule has 0 saturated carbocycles. The summed E-state index contributed by atoms with van der Waals surface area (Å²) >= 11 is 5.67. The Bertz CT molecular complexity index is 1420. The van der Waals surface area contributed by atoms with Crippen LogP contribution >= 0.6 is 39.0 Å². The lowest BCUT2D eigenvalue weighted by molar-refractivity contribution is -0.144. The van der Waals surface area contributed by atoms with Crippen molar-refractivity contribution in [3.8, 4) is 5.75 Å². The smallest absolute Gasteiger partial charge is 0.326 e. The fourth-order valence-corrected chi connectivity index (χ4v) is 7.83. The lowest BCUT2D eigenvalue weighted by Crippen LogP contribution is -2.32. The second-order valence-corrected chi connectivity index (χ2v) is 11.3. The third-order valence-corrected chi connectivity index (χ3v) is 9.28. The normalized spacial score (nSPS) is 20.8. The summed E-state index contributed by atoms with van der Waals surface area (Å²) in [5.41, 5.74) is 1.27. The van der Waals surface area contributed by atoms with Crippen molar-refractivity contribution in [2.24, 2.45) is 5.92 Å². The van der Waals surface area contributed by atoms with E-state index in [2.05, 4.69) is 15.9 Å². The van der Waals surface area contributed by atoms with Crippen molar-refractivity contribution in [2.45, 2.75) is 29.7 Å². The summed E-state index contributed by atoms with van der Waals surface area (Å²) in [6.07, 6.45) is 0. The minimum atomic E-state index is -0.751. The molecule has 2 aliphatic heterocycles. The van der Waals surface area contributed by atoms with Crippen LogP contribution in [0, 0.1) is 5.92 Å². The number of esters is 1. The first kappa shape index (κ1) is 24.8. The summed E-state index contributed by atoms with van der Waals surface area (Å²) in [4.78, 5) is 54.3. The number of carbonyl (C=O) groups excluding carboxylic acids is 3. The van der Waals surface area contributed by atoms with Crippen LogP contribution in [-0.2, 0) is 25.7 Å². The Kier molecular flexibility index (Phi) is 6.80. The number of benzene rings is 2. The maximum absolute atomic E-state index is 13.8. The summed E-state index contributed by atoms with van der Waals surface area (Å²) in [5, 5.41) is -0.222. The third-order valence-electron chi connectivity index (χ3n) is 6.18. The first-order valence-corrected chi connectivity index (χ1v) is 13.7. The number of hydrogen-bond acceptors (Lipinski definition) is 8. The number of aromatic nitrogens is 1. The fraction of sp³-hybridized carbons (Fsp3) is 0.280. The molecule has 8 nitrogen and oxygen atoms in total. The second-order valence-electron chi connectivity index (χ2n) is 8.24. The summed E-state index contributed by atoms with van der Waals surface area (Å²) in [6.45, 7) is 1.64. The highest BCUT2D eigenvalue weighted by Gasteiger charge is 2.56. The van der Waals surface area contributed by atoms with Gasteiger partial charge in [-0.05, 0) is 48.9 Å². The van der Waals surface area contributed by atoms with E-state index in [9.17, 15) is 19.2 Å². The van der Waals surface area contributed by atoms with E-state index in [-0.39, 0.29) is 29.8 Å². The van der Waals surface area contributed by atoms with Crippen molar-refractivity contribution in [1.82, 2.24) is 4.57 Å². The Labute approximate surface area is 223 Å². The molecule has 0 radical (unpaired) electrons. The summed E-state index contributed by atoms with van der Waals surface area (Å²) in [6, 6.07) is 14.3. The van der Waals surface area contributed by atoms with Crippen LogP contribution in [0.5, 0.6) is 5.75 Å². The number of thioether (sulfide) groups is 1. The molecule has 0 N–H and O–H groups in total. The van der Waals surface area contributed by atoms with E-state index in [0.717, 1.165) is 21.4 Å². The van der Waals surface area contributed by atoms with Crippen molar-refractivity contribution in [3.05, 3.63) is 73.1 Å². The highest BCUT2D eigenvalue weighted by molar-refractivity contribution is 9.10. The number of carbonyl (C=O) groups is 3. The van der Waals surface area contributed by atoms with Crippen LogP contribution in [-0.4, -0.2) is 41.3 Å². The number of methoxy groups -OCH3 is 1. The first-order chi connectivity index (χ1) is 17.3. The number of thiazole rings is 1. The van der Waals surface area contributed by atoms with Gasteiger partial charge in [-0.25, -0.2) is 4.90 Å². The van der Waals surface area contributed by atoms with Gasteiger partial charge in [0, 0.05) is 15.3 Å². The summed E-state index contributed by atoms with van der Waals surface area (Å²) < 4.78 is 12.4. The third kappa shape index (κ3) is 4.18. The van der Waals surface area contributed by atoms with E-state index in [1.807, 2.05) is 24.3 Å².